The standard InChI is InChI=1S/C19H18BrNO4/c1-21-19(23)12-25-17-9-7-13(10-18(17)24-2)6-8-16(22)14-4-3-5-15(20)11-14/h3-11H,12H2,1-2H3,(H,21,23)/b8-6+. The normalized spacial score (nSPS) is 10.5. The summed E-state index contributed by atoms with van der Waals surface area (Å²) in [4.78, 5) is 23.5. The molecule has 0 unspecified atom stereocenters. The van der Waals surface area contributed by atoms with Gasteiger partial charge in [0.05, 0.1) is 7.11 Å². The van der Waals surface area contributed by atoms with Gasteiger partial charge in [0.1, 0.15) is 0 Å². The number of hydrogen-bond donors (Lipinski definition) is 1. The SMILES string of the molecule is CNC(=O)COc1ccc(/C=C/C(=O)c2cccc(Br)c2)cc1OC. The van der Waals surface area contributed by atoms with Gasteiger partial charge >= 0.3 is 0 Å². The van der Waals surface area contributed by atoms with Crippen molar-refractivity contribution in [3.8, 4) is 11.5 Å². The maximum absolute atomic E-state index is 12.2. The number of likely N-dealkylation sites (N-methyl/N-ethyl adjacent to an activating group) is 1. The van der Waals surface area contributed by atoms with Crippen molar-refractivity contribution in [2.45, 2.75) is 0 Å². The van der Waals surface area contributed by atoms with E-state index in [-0.39, 0.29) is 18.3 Å². The van der Waals surface area contributed by atoms with Crippen molar-refractivity contribution < 1.29 is 19.1 Å². The molecule has 5 nitrogen and oxygen atoms in total. The number of benzene rings is 2. The van der Waals surface area contributed by atoms with Gasteiger partial charge in [0, 0.05) is 17.1 Å². The summed E-state index contributed by atoms with van der Waals surface area (Å²) in [6.45, 7) is -0.0938. The van der Waals surface area contributed by atoms with Crippen LogP contribution in [-0.4, -0.2) is 32.5 Å². The van der Waals surface area contributed by atoms with E-state index in [1.54, 1.807) is 43.5 Å². The highest BCUT2D eigenvalue weighted by Gasteiger charge is 2.08. The monoisotopic (exact) mass is 403 g/mol. The summed E-state index contributed by atoms with van der Waals surface area (Å²) in [7, 11) is 3.06. The first-order valence-electron chi connectivity index (χ1n) is 7.53. The van der Waals surface area contributed by atoms with Gasteiger partial charge in [0.15, 0.2) is 23.9 Å². The molecule has 2 rings (SSSR count). The number of ether oxygens (including phenoxy) is 2. The first-order chi connectivity index (χ1) is 12.0. The van der Waals surface area contributed by atoms with Gasteiger partial charge in [-0.05, 0) is 35.9 Å². The van der Waals surface area contributed by atoms with Crippen LogP contribution in [0.1, 0.15) is 15.9 Å². The Bertz CT molecular complexity index is 802. The molecule has 25 heavy (non-hydrogen) atoms. The lowest BCUT2D eigenvalue weighted by molar-refractivity contribution is -0.122. The molecule has 6 heteroatoms. The number of rotatable bonds is 7. The van der Waals surface area contributed by atoms with E-state index in [0.29, 0.717) is 17.1 Å². The van der Waals surface area contributed by atoms with Gasteiger partial charge in [-0.15, -0.1) is 0 Å². The maximum atomic E-state index is 12.2. The summed E-state index contributed by atoms with van der Waals surface area (Å²) in [5.41, 5.74) is 1.38. The number of hydrogen-bond acceptors (Lipinski definition) is 4. The Morgan fingerprint density at radius 2 is 1.96 bits per heavy atom. The topological polar surface area (TPSA) is 64.6 Å². The van der Waals surface area contributed by atoms with Crippen molar-refractivity contribution in [1.29, 1.82) is 0 Å². The fraction of sp³-hybridized carbons (Fsp3) is 0.158. The van der Waals surface area contributed by atoms with Crippen LogP contribution in [0.15, 0.2) is 53.0 Å². The Morgan fingerprint density at radius 1 is 1.16 bits per heavy atom. The third-order valence-electron chi connectivity index (χ3n) is 3.36. The van der Waals surface area contributed by atoms with Crippen LogP contribution in [0.5, 0.6) is 11.5 Å². The second-order valence-electron chi connectivity index (χ2n) is 5.08. The maximum Gasteiger partial charge on any atom is 0.257 e. The lowest BCUT2D eigenvalue weighted by Gasteiger charge is -2.10. The van der Waals surface area contributed by atoms with E-state index in [2.05, 4.69) is 21.2 Å². The molecular weight excluding hydrogens is 386 g/mol. The summed E-state index contributed by atoms with van der Waals surface area (Å²) in [6.07, 6.45) is 3.20. The van der Waals surface area contributed by atoms with Crippen LogP contribution in [0.3, 0.4) is 0 Å². The highest BCUT2D eigenvalue weighted by molar-refractivity contribution is 9.10. The number of halogens is 1. The molecule has 0 aromatic heterocycles. The molecule has 0 bridgehead atoms. The van der Waals surface area contributed by atoms with Crippen LogP contribution in [0.25, 0.3) is 6.08 Å². The number of nitrogens with one attached hydrogen (secondary N) is 1. The number of carbonyl (C=O) groups is 2. The van der Waals surface area contributed by atoms with Crippen molar-refractivity contribution in [2.24, 2.45) is 0 Å². The van der Waals surface area contributed by atoms with Gasteiger partial charge in [-0.3, -0.25) is 9.59 Å². The van der Waals surface area contributed by atoms with Crippen LogP contribution < -0.4 is 14.8 Å². The largest absolute Gasteiger partial charge is 0.493 e. The molecule has 0 saturated heterocycles. The molecule has 0 aliphatic heterocycles. The van der Waals surface area contributed by atoms with Crippen LogP contribution in [0.4, 0.5) is 0 Å². The van der Waals surface area contributed by atoms with Crippen molar-refractivity contribution in [3.05, 3.63) is 64.1 Å². The van der Waals surface area contributed by atoms with Crippen LogP contribution >= 0.6 is 15.9 Å². The number of carbonyl (C=O) groups excluding carboxylic acids is 2. The molecule has 130 valence electrons. The summed E-state index contributed by atoms with van der Waals surface area (Å²) in [6, 6.07) is 12.4. The van der Waals surface area contributed by atoms with Gasteiger partial charge in [-0.25, -0.2) is 0 Å². The van der Waals surface area contributed by atoms with Crippen LogP contribution in [-0.2, 0) is 4.79 Å². The van der Waals surface area contributed by atoms with Gasteiger partial charge in [0.2, 0.25) is 0 Å². The Kier molecular flexibility index (Phi) is 6.77. The van der Waals surface area contributed by atoms with Crippen molar-refractivity contribution in [2.75, 3.05) is 20.8 Å². The predicted molar refractivity (Wildman–Crippen MR) is 100 cm³/mol. The molecule has 0 radical (unpaired) electrons. The molecule has 0 aliphatic rings. The van der Waals surface area contributed by atoms with E-state index in [0.717, 1.165) is 10.0 Å². The van der Waals surface area contributed by atoms with E-state index in [4.69, 9.17) is 9.47 Å². The molecule has 0 atom stereocenters. The minimum Gasteiger partial charge on any atom is -0.493 e. The Labute approximate surface area is 154 Å². The molecule has 0 saturated carbocycles. The second-order valence-corrected chi connectivity index (χ2v) is 6.00. The average molecular weight is 404 g/mol. The fourth-order valence-corrected chi connectivity index (χ4v) is 2.43. The molecule has 0 heterocycles. The van der Waals surface area contributed by atoms with Crippen LogP contribution in [0.2, 0.25) is 0 Å². The molecule has 1 N–H and O–H groups in total. The van der Waals surface area contributed by atoms with E-state index in [1.165, 1.54) is 13.2 Å². The van der Waals surface area contributed by atoms with Crippen molar-refractivity contribution in [3.63, 3.8) is 0 Å². The smallest absolute Gasteiger partial charge is 0.257 e. The van der Waals surface area contributed by atoms with Gasteiger partial charge in [-0.1, -0.05) is 40.2 Å². The summed E-state index contributed by atoms with van der Waals surface area (Å²) in [5.74, 6) is 0.619. The molecule has 1 amide bonds. The fourth-order valence-electron chi connectivity index (χ4n) is 2.03. The summed E-state index contributed by atoms with van der Waals surface area (Å²) >= 11 is 3.35. The third-order valence-corrected chi connectivity index (χ3v) is 3.85. The zero-order chi connectivity index (χ0) is 18.2. The summed E-state index contributed by atoms with van der Waals surface area (Å²) in [5, 5.41) is 2.48. The first-order valence-corrected chi connectivity index (χ1v) is 8.32. The van der Waals surface area contributed by atoms with E-state index >= 15 is 0 Å². The number of amides is 1. The molecular formula is C19H18BrNO4. The molecule has 0 fully saturated rings. The van der Waals surface area contributed by atoms with E-state index < -0.39 is 0 Å². The lowest BCUT2D eigenvalue weighted by Crippen LogP contribution is -2.24. The van der Waals surface area contributed by atoms with Gasteiger partial charge in [0.25, 0.3) is 5.91 Å². The Morgan fingerprint density at radius 3 is 2.64 bits per heavy atom. The minimum atomic E-state index is -0.231. The zero-order valence-electron chi connectivity index (χ0n) is 13.9. The van der Waals surface area contributed by atoms with E-state index in [9.17, 15) is 9.59 Å². The van der Waals surface area contributed by atoms with Crippen molar-refractivity contribution >= 4 is 33.7 Å². The third kappa shape index (κ3) is 5.46. The second kappa shape index (κ2) is 9.03. The number of methoxy groups -OCH3 is 1. The molecule has 0 spiro atoms. The zero-order valence-corrected chi connectivity index (χ0v) is 15.5. The minimum absolute atomic E-state index is 0.0938. The number of ketones is 1. The molecule has 0 aliphatic carbocycles. The first kappa shape index (κ1) is 18.7. The summed E-state index contributed by atoms with van der Waals surface area (Å²) < 4.78 is 11.5. The van der Waals surface area contributed by atoms with Crippen LogP contribution in [0, 0.1) is 0 Å². The average Bonchev–Trinajstić information content (AvgIpc) is 2.64. The highest BCUT2D eigenvalue weighted by Crippen LogP contribution is 2.28. The van der Waals surface area contributed by atoms with Gasteiger partial charge < -0.3 is 14.8 Å². The molecule has 2 aromatic carbocycles. The Hall–Kier alpha value is -2.60. The predicted octanol–water partition coefficient (Wildman–Crippen LogP) is 3.48. The Balaban J connectivity index is 2.11. The highest BCUT2D eigenvalue weighted by atomic mass is 79.9. The molecule has 2 aromatic rings. The van der Waals surface area contributed by atoms with Crippen molar-refractivity contribution in [1.82, 2.24) is 5.32 Å². The van der Waals surface area contributed by atoms with E-state index in [1.807, 2.05) is 12.1 Å². The number of allylic oxidation sites excluding steroid dienone is 1. The lowest BCUT2D eigenvalue weighted by atomic mass is 10.1. The quantitative estimate of drug-likeness (QED) is 0.567. The van der Waals surface area contributed by atoms with Gasteiger partial charge in [-0.2, -0.15) is 0 Å².